The van der Waals surface area contributed by atoms with E-state index in [0.717, 1.165) is 30.6 Å². The number of anilines is 2. The van der Waals surface area contributed by atoms with Crippen LogP contribution in [0.4, 0.5) is 17.5 Å². The first-order valence-corrected chi connectivity index (χ1v) is 7.66. The highest BCUT2D eigenvalue weighted by Crippen LogP contribution is 2.25. The van der Waals surface area contributed by atoms with Gasteiger partial charge in [-0.2, -0.15) is 4.98 Å². The highest BCUT2D eigenvalue weighted by molar-refractivity contribution is 5.74. The third kappa shape index (κ3) is 2.73. The first-order valence-electron chi connectivity index (χ1n) is 7.66. The molecule has 3 heterocycles. The van der Waals surface area contributed by atoms with Gasteiger partial charge in [0, 0.05) is 25.2 Å². The molecule has 8 heteroatoms. The van der Waals surface area contributed by atoms with Crippen LogP contribution >= 0.6 is 0 Å². The van der Waals surface area contributed by atoms with E-state index < -0.39 is 4.92 Å². The van der Waals surface area contributed by atoms with Crippen molar-refractivity contribution in [1.82, 2.24) is 9.97 Å². The lowest BCUT2D eigenvalue weighted by Gasteiger charge is -2.15. The number of nitrogens with one attached hydrogen (secondary N) is 1. The maximum absolute atomic E-state index is 10.7. The molecule has 1 N–H and O–H groups in total. The third-order valence-corrected chi connectivity index (χ3v) is 4.05. The van der Waals surface area contributed by atoms with Crippen LogP contribution in [0.2, 0.25) is 0 Å². The van der Waals surface area contributed by atoms with Crippen LogP contribution in [0, 0.1) is 10.1 Å². The zero-order valence-electron chi connectivity index (χ0n) is 12.8. The predicted octanol–water partition coefficient (Wildman–Crippen LogP) is 2.82. The van der Waals surface area contributed by atoms with Gasteiger partial charge in [0.2, 0.25) is 0 Å². The highest BCUT2D eigenvalue weighted by Gasteiger charge is 2.26. The summed E-state index contributed by atoms with van der Waals surface area (Å²) in [5, 5.41) is 13.9. The Labute approximate surface area is 137 Å². The molecule has 1 aliphatic heterocycles. The smallest absolute Gasteiger partial charge is 0.298 e. The molecular weight excluding hydrogens is 310 g/mol. The zero-order chi connectivity index (χ0) is 16.5. The molecule has 24 heavy (non-hydrogen) atoms. The Morgan fingerprint density at radius 2 is 2.17 bits per heavy atom. The van der Waals surface area contributed by atoms with Crippen molar-refractivity contribution in [2.24, 2.45) is 0 Å². The molecule has 1 aromatic carbocycles. The molecule has 1 saturated heterocycles. The van der Waals surface area contributed by atoms with Crippen molar-refractivity contribution in [3.05, 3.63) is 52.7 Å². The number of pyridine rings is 1. The molecule has 0 aliphatic carbocycles. The van der Waals surface area contributed by atoms with Crippen LogP contribution in [-0.2, 0) is 0 Å². The van der Waals surface area contributed by atoms with E-state index in [0.29, 0.717) is 11.8 Å². The normalized spacial score (nSPS) is 17.3. The largest absolute Gasteiger partial charge is 0.423 e. The quantitative estimate of drug-likeness (QED) is 0.582. The summed E-state index contributed by atoms with van der Waals surface area (Å²) in [5.74, 6) is 0.630. The minimum Gasteiger partial charge on any atom is -0.423 e. The number of nitrogens with zero attached hydrogens (tertiary/aromatic N) is 4. The second-order valence-electron chi connectivity index (χ2n) is 5.70. The van der Waals surface area contributed by atoms with E-state index in [1.165, 1.54) is 12.3 Å². The van der Waals surface area contributed by atoms with Crippen LogP contribution < -0.4 is 10.2 Å². The van der Waals surface area contributed by atoms with Gasteiger partial charge in [-0.3, -0.25) is 10.1 Å². The summed E-state index contributed by atoms with van der Waals surface area (Å²) in [4.78, 5) is 20.9. The molecule has 2 aromatic heterocycles. The zero-order valence-corrected chi connectivity index (χ0v) is 12.8. The number of oxazole rings is 1. The van der Waals surface area contributed by atoms with Crippen molar-refractivity contribution in [1.29, 1.82) is 0 Å². The highest BCUT2D eigenvalue weighted by atomic mass is 16.6. The summed E-state index contributed by atoms with van der Waals surface area (Å²) in [7, 11) is 0. The summed E-state index contributed by atoms with van der Waals surface area (Å²) in [6.07, 6.45) is 2.17. The fraction of sp³-hybridized carbons (Fsp3) is 0.250. The van der Waals surface area contributed by atoms with Gasteiger partial charge >= 0.3 is 0 Å². The van der Waals surface area contributed by atoms with Crippen molar-refractivity contribution in [2.45, 2.75) is 12.5 Å². The molecule has 1 atom stereocenters. The first-order chi connectivity index (χ1) is 11.7. The standard InChI is InChI=1S/C16H15N5O3/c22-21(23)12-5-6-15(17-9-12)18-11-7-8-20(10-11)16-19-13-3-1-2-4-14(13)24-16/h1-6,9,11H,7-8,10H2,(H,17,18). The average Bonchev–Trinajstić information content (AvgIpc) is 3.21. The number of hydrogen-bond donors (Lipinski definition) is 1. The number of nitro groups is 1. The molecule has 0 radical (unpaired) electrons. The van der Waals surface area contributed by atoms with E-state index in [1.807, 2.05) is 24.3 Å². The van der Waals surface area contributed by atoms with Crippen LogP contribution in [-0.4, -0.2) is 34.0 Å². The Morgan fingerprint density at radius 3 is 2.92 bits per heavy atom. The molecule has 4 rings (SSSR count). The van der Waals surface area contributed by atoms with Crippen molar-refractivity contribution < 1.29 is 9.34 Å². The van der Waals surface area contributed by atoms with Crippen LogP contribution in [0.3, 0.4) is 0 Å². The lowest BCUT2D eigenvalue weighted by molar-refractivity contribution is -0.385. The van der Waals surface area contributed by atoms with Crippen molar-refractivity contribution in [3.63, 3.8) is 0 Å². The number of hydrogen-bond acceptors (Lipinski definition) is 7. The van der Waals surface area contributed by atoms with Gasteiger partial charge in [-0.15, -0.1) is 0 Å². The number of fused-ring (bicyclic) bond motifs is 1. The number of rotatable bonds is 4. The fourth-order valence-electron chi connectivity index (χ4n) is 2.84. The van der Waals surface area contributed by atoms with Gasteiger partial charge in [-0.1, -0.05) is 12.1 Å². The van der Waals surface area contributed by atoms with Crippen LogP contribution in [0.5, 0.6) is 0 Å². The molecule has 0 spiro atoms. The summed E-state index contributed by atoms with van der Waals surface area (Å²) in [5.41, 5.74) is 1.61. The summed E-state index contributed by atoms with van der Waals surface area (Å²) >= 11 is 0. The van der Waals surface area contributed by atoms with Gasteiger partial charge in [0.1, 0.15) is 17.5 Å². The Hall–Kier alpha value is -3.16. The molecule has 122 valence electrons. The van der Waals surface area contributed by atoms with Crippen LogP contribution in [0.25, 0.3) is 11.1 Å². The lowest BCUT2D eigenvalue weighted by atomic mass is 10.2. The summed E-state index contributed by atoms with van der Waals surface area (Å²) < 4.78 is 5.79. The van der Waals surface area contributed by atoms with E-state index in [-0.39, 0.29) is 11.7 Å². The second-order valence-corrected chi connectivity index (χ2v) is 5.70. The lowest BCUT2D eigenvalue weighted by Crippen LogP contribution is -2.26. The molecule has 8 nitrogen and oxygen atoms in total. The SMILES string of the molecule is O=[N+]([O-])c1ccc(NC2CCN(c3nc4ccccc4o3)C2)nc1. The van der Waals surface area contributed by atoms with Gasteiger partial charge in [-0.05, 0) is 24.6 Å². The molecule has 0 bridgehead atoms. The number of benzene rings is 1. The van der Waals surface area contributed by atoms with Gasteiger partial charge in [0.15, 0.2) is 5.58 Å². The van der Waals surface area contributed by atoms with E-state index in [4.69, 9.17) is 4.42 Å². The fourth-order valence-corrected chi connectivity index (χ4v) is 2.84. The monoisotopic (exact) mass is 325 g/mol. The molecule has 0 saturated carbocycles. The van der Waals surface area contributed by atoms with E-state index >= 15 is 0 Å². The van der Waals surface area contributed by atoms with E-state index in [9.17, 15) is 10.1 Å². The Morgan fingerprint density at radius 1 is 1.29 bits per heavy atom. The maximum Gasteiger partial charge on any atom is 0.298 e. The Balaban J connectivity index is 1.43. The van der Waals surface area contributed by atoms with Crippen molar-refractivity contribution in [2.75, 3.05) is 23.3 Å². The molecule has 1 fully saturated rings. The third-order valence-electron chi connectivity index (χ3n) is 4.05. The van der Waals surface area contributed by atoms with Crippen molar-refractivity contribution >= 4 is 28.6 Å². The Bertz CT molecular complexity index is 844. The molecular formula is C16H15N5O3. The van der Waals surface area contributed by atoms with Gasteiger partial charge in [-0.25, -0.2) is 4.98 Å². The maximum atomic E-state index is 10.7. The predicted molar refractivity (Wildman–Crippen MR) is 89.1 cm³/mol. The van der Waals surface area contributed by atoms with E-state index in [1.54, 1.807) is 6.07 Å². The minimum atomic E-state index is -0.457. The van der Waals surface area contributed by atoms with Gasteiger partial charge in [0.25, 0.3) is 11.7 Å². The molecule has 1 unspecified atom stereocenters. The summed E-state index contributed by atoms with van der Waals surface area (Å²) in [6.45, 7) is 1.57. The molecule has 0 amide bonds. The van der Waals surface area contributed by atoms with Gasteiger partial charge < -0.3 is 14.6 Å². The summed E-state index contributed by atoms with van der Waals surface area (Å²) in [6, 6.07) is 11.6. The topological polar surface area (TPSA) is 97.3 Å². The minimum absolute atomic E-state index is 0.0138. The van der Waals surface area contributed by atoms with E-state index in [2.05, 4.69) is 20.2 Å². The first kappa shape index (κ1) is 14.4. The van der Waals surface area contributed by atoms with Gasteiger partial charge in [0.05, 0.1) is 4.92 Å². The molecule has 3 aromatic rings. The van der Waals surface area contributed by atoms with Crippen molar-refractivity contribution in [3.8, 4) is 0 Å². The number of aromatic nitrogens is 2. The molecule has 1 aliphatic rings. The number of para-hydroxylation sites is 2. The van der Waals surface area contributed by atoms with Crippen LogP contribution in [0.15, 0.2) is 47.0 Å². The Kier molecular flexibility index (Phi) is 3.49. The average molecular weight is 325 g/mol. The second kappa shape index (κ2) is 5.80. The van der Waals surface area contributed by atoms with Crippen LogP contribution in [0.1, 0.15) is 6.42 Å².